The minimum absolute atomic E-state index is 0.272. The molecule has 0 atom stereocenters. The van der Waals surface area contributed by atoms with E-state index >= 15 is 0 Å². The van der Waals surface area contributed by atoms with Gasteiger partial charge in [0, 0.05) is 11.4 Å². The summed E-state index contributed by atoms with van der Waals surface area (Å²) in [6, 6.07) is 6.88. The highest BCUT2D eigenvalue weighted by molar-refractivity contribution is 5.95. The Morgan fingerprint density at radius 2 is 2.11 bits per heavy atom. The molecule has 0 fully saturated rings. The molecule has 5 nitrogen and oxygen atoms in total. The van der Waals surface area contributed by atoms with Crippen LogP contribution in [0.15, 0.2) is 18.2 Å². The van der Waals surface area contributed by atoms with E-state index in [4.69, 9.17) is 21.5 Å². The van der Waals surface area contributed by atoms with Crippen molar-refractivity contribution in [2.24, 2.45) is 5.41 Å². The smallest absolute Gasteiger partial charge is 0.340 e. The van der Waals surface area contributed by atoms with Gasteiger partial charge in [0.2, 0.25) is 0 Å². The second kappa shape index (κ2) is 6.10. The molecule has 0 radical (unpaired) electrons. The average molecular weight is 261 g/mol. The first-order valence-corrected chi connectivity index (χ1v) is 6.09. The molecule has 0 unspecified atom stereocenters. The summed E-state index contributed by atoms with van der Waals surface area (Å²) in [5, 5.41) is 8.86. The van der Waals surface area contributed by atoms with Crippen molar-refractivity contribution in [1.29, 1.82) is 5.26 Å². The molecular formula is C14H19N3O2. The summed E-state index contributed by atoms with van der Waals surface area (Å²) in [6.45, 7) is 3.98. The van der Waals surface area contributed by atoms with E-state index in [1.54, 1.807) is 12.1 Å². The Hall–Kier alpha value is -2.22. The molecule has 4 N–H and O–H groups in total. The van der Waals surface area contributed by atoms with Crippen molar-refractivity contribution < 1.29 is 9.53 Å². The number of hydrogen-bond donors (Lipinski definition) is 2. The van der Waals surface area contributed by atoms with Crippen molar-refractivity contribution in [2.45, 2.75) is 26.7 Å². The Bertz CT molecular complexity index is 504. The fourth-order valence-electron chi connectivity index (χ4n) is 1.58. The van der Waals surface area contributed by atoms with E-state index in [9.17, 15) is 4.79 Å². The molecule has 19 heavy (non-hydrogen) atoms. The van der Waals surface area contributed by atoms with Crippen LogP contribution in [0.25, 0.3) is 0 Å². The molecule has 0 aliphatic heterocycles. The molecule has 0 saturated carbocycles. The van der Waals surface area contributed by atoms with E-state index in [2.05, 4.69) is 6.07 Å². The molecule has 0 bridgehead atoms. The molecular weight excluding hydrogens is 242 g/mol. The lowest BCUT2D eigenvalue weighted by Gasteiger charge is -2.14. The molecule has 1 rings (SSSR count). The Morgan fingerprint density at radius 3 is 2.68 bits per heavy atom. The highest BCUT2D eigenvalue weighted by atomic mass is 16.5. The highest BCUT2D eigenvalue weighted by Crippen LogP contribution is 2.21. The summed E-state index contributed by atoms with van der Waals surface area (Å²) in [4.78, 5) is 11.8. The van der Waals surface area contributed by atoms with Crippen LogP contribution in [0.1, 0.15) is 37.0 Å². The number of nitrogen functional groups attached to an aromatic ring is 2. The molecule has 0 amide bonds. The number of rotatable bonds is 5. The molecule has 5 heteroatoms. The molecule has 0 spiro atoms. The number of anilines is 2. The van der Waals surface area contributed by atoms with E-state index in [0.29, 0.717) is 29.8 Å². The lowest BCUT2D eigenvalue weighted by atomic mass is 9.90. The van der Waals surface area contributed by atoms with Gasteiger partial charge in [0.05, 0.1) is 23.7 Å². The van der Waals surface area contributed by atoms with Gasteiger partial charge in [-0.3, -0.25) is 0 Å². The van der Waals surface area contributed by atoms with Crippen LogP contribution in [0.3, 0.4) is 0 Å². The zero-order valence-electron chi connectivity index (χ0n) is 11.3. The molecule has 1 aromatic carbocycles. The lowest BCUT2D eigenvalue weighted by molar-refractivity contribution is 0.0492. The van der Waals surface area contributed by atoms with Gasteiger partial charge in [0.25, 0.3) is 0 Å². The van der Waals surface area contributed by atoms with Gasteiger partial charge in [-0.25, -0.2) is 4.79 Å². The number of esters is 1. The second-order valence-corrected chi connectivity index (χ2v) is 5.08. The fourth-order valence-corrected chi connectivity index (χ4v) is 1.58. The van der Waals surface area contributed by atoms with Crippen LogP contribution in [-0.2, 0) is 4.74 Å². The summed E-state index contributed by atoms with van der Waals surface area (Å²) in [5.41, 5.74) is 12.0. The van der Waals surface area contributed by atoms with Crippen LogP contribution in [0.4, 0.5) is 11.4 Å². The Labute approximate surface area is 113 Å². The summed E-state index contributed by atoms with van der Waals surface area (Å²) in [7, 11) is 0. The molecule has 1 aromatic rings. The minimum Gasteiger partial charge on any atom is -0.462 e. The van der Waals surface area contributed by atoms with E-state index in [-0.39, 0.29) is 6.61 Å². The number of carbonyl (C=O) groups excluding carboxylic acids is 1. The first kappa shape index (κ1) is 14.8. The monoisotopic (exact) mass is 261 g/mol. The number of carbonyl (C=O) groups is 1. The van der Waals surface area contributed by atoms with E-state index in [0.717, 1.165) is 0 Å². The van der Waals surface area contributed by atoms with Gasteiger partial charge >= 0.3 is 5.97 Å². The fraction of sp³-hybridized carbons (Fsp3) is 0.429. The van der Waals surface area contributed by atoms with Crippen molar-refractivity contribution in [1.82, 2.24) is 0 Å². The van der Waals surface area contributed by atoms with Crippen LogP contribution in [0.2, 0.25) is 0 Å². The van der Waals surface area contributed by atoms with Crippen molar-refractivity contribution >= 4 is 17.3 Å². The topological polar surface area (TPSA) is 102 Å². The van der Waals surface area contributed by atoms with Gasteiger partial charge in [-0.2, -0.15) is 5.26 Å². The second-order valence-electron chi connectivity index (χ2n) is 5.08. The largest absolute Gasteiger partial charge is 0.462 e. The van der Waals surface area contributed by atoms with Crippen molar-refractivity contribution in [3.05, 3.63) is 23.8 Å². The van der Waals surface area contributed by atoms with E-state index < -0.39 is 11.4 Å². The standard InChI is InChI=1S/C14H19N3O2/c1-14(2,9-15)6-3-7-19-13(18)11-5-4-10(16)8-12(11)17/h4-5,8H,3,6-7,16-17H2,1-2H3. The third-order valence-corrected chi connectivity index (χ3v) is 2.78. The normalized spacial score (nSPS) is 10.8. The van der Waals surface area contributed by atoms with Crippen LogP contribution in [-0.4, -0.2) is 12.6 Å². The summed E-state index contributed by atoms with van der Waals surface area (Å²) in [5.74, 6) is -0.465. The predicted molar refractivity (Wildman–Crippen MR) is 74.2 cm³/mol. The average Bonchev–Trinajstić information content (AvgIpc) is 2.34. The molecule has 0 aromatic heterocycles. The zero-order chi connectivity index (χ0) is 14.5. The molecule has 0 aliphatic carbocycles. The van der Waals surface area contributed by atoms with E-state index in [1.165, 1.54) is 6.07 Å². The van der Waals surface area contributed by atoms with Gasteiger partial charge in [-0.15, -0.1) is 0 Å². The highest BCUT2D eigenvalue weighted by Gasteiger charge is 2.17. The molecule has 102 valence electrons. The maximum Gasteiger partial charge on any atom is 0.340 e. The van der Waals surface area contributed by atoms with Crippen molar-refractivity contribution in [2.75, 3.05) is 18.1 Å². The number of hydrogen-bond acceptors (Lipinski definition) is 5. The summed E-state index contributed by atoms with van der Waals surface area (Å²) < 4.78 is 5.12. The SMILES string of the molecule is CC(C)(C#N)CCCOC(=O)c1ccc(N)cc1N. The molecule has 0 aliphatic rings. The lowest BCUT2D eigenvalue weighted by Crippen LogP contribution is -2.12. The van der Waals surface area contributed by atoms with Crippen molar-refractivity contribution in [3.63, 3.8) is 0 Å². The number of nitrogens with zero attached hydrogens (tertiary/aromatic N) is 1. The van der Waals surface area contributed by atoms with Crippen LogP contribution in [0, 0.1) is 16.7 Å². The van der Waals surface area contributed by atoms with Crippen LogP contribution >= 0.6 is 0 Å². The quantitative estimate of drug-likeness (QED) is 0.481. The number of nitrogens with two attached hydrogens (primary N) is 2. The number of ether oxygens (including phenoxy) is 1. The molecule has 0 heterocycles. The third kappa shape index (κ3) is 4.51. The van der Waals surface area contributed by atoms with Gasteiger partial charge < -0.3 is 16.2 Å². The Morgan fingerprint density at radius 1 is 1.42 bits per heavy atom. The zero-order valence-corrected chi connectivity index (χ0v) is 11.3. The third-order valence-electron chi connectivity index (χ3n) is 2.78. The maximum absolute atomic E-state index is 11.8. The Balaban J connectivity index is 2.46. The van der Waals surface area contributed by atoms with Gasteiger partial charge in [0.1, 0.15) is 0 Å². The predicted octanol–water partition coefficient (Wildman–Crippen LogP) is 2.34. The van der Waals surface area contributed by atoms with Gasteiger partial charge in [-0.05, 0) is 44.9 Å². The summed E-state index contributed by atoms with van der Waals surface area (Å²) >= 11 is 0. The van der Waals surface area contributed by atoms with Gasteiger partial charge in [-0.1, -0.05) is 0 Å². The van der Waals surface area contributed by atoms with Crippen LogP contribution in [0.5, 0.6) is 0 Å². The van der Waals surface area contributed by atoms with Crippen LogP contribution < -0.4 is 11.5 Å². The number of nitriles is 1. The van der Waals surface area contributed by atoms with Gasteiger partial charge in [0.15, 0.2) is 0 Å². The van der Waals surface area contributed by atoms with Crippen molar-refractivity contribution in [3.8, 4) is 6.07 Å². The molecule has 0 saturated heterocycles. The number of benzene rings is 1. The minimum atomic E-state index is -0.465. The summed E-state index contributed by atoms with van der Waals surface area (Å²) in [6.07, 6.45) is 1.31. The first-order valence-electron chi connectivity index (χ1n) is 6.09. The van der Waals surface area contributed by atoms with E-state index in [1.807, 2.05) is 13.8 Å². The first-order chi connectivity index (χ1) is 8.85. The Kier molecular flexibility index (Phi) is 4.76. The maximum atomic E-state index is 11.8.